The Morgan fingerprint density at radius 3 is 2.58 bits per heavy atom. The molecular weight excluding hydrogens is 455 g/mol. The van der Waals surface area contributed by atoms with E-state index in [1.54, 1.807) is 49.6 Å². The number of rotatable bonds is 6. The van der Waals surface area contributed by atoms with Gasteiger partial charge in [0.15, 0.2) is 6.10 Å². The number of aromatic nitrogens is 1. The lowest BCUT2D eigenvalue weighted by Crippen LogP contribution is -2.30. The zero-order valence-electron chi connectivity index (χ0n) is 16.7. The van der Waals surface area contributed by atoms with Gasteiger partial charge in [0.1, 0.15) is 16.5 Å². The zero-order valence-corrected chi connectivity index (χ0v) is 19.0. The van der Waals surface area contributed by atoms with Gasteiger partial charge in [0.05, 0.1) is 28.0 Å². The van der Waals surface area contributed by atoms with Crippen molar-refractivity contribution in [3.63, 3.8) is 0 Å². The van der Waals surface area contributed by atoms with Crippen LogP contribution in [0.3, 0.4) is 0 Å². The number of amides is 1. The van der Waals surface area contributed by atoms with E-state index in [1.165, 1.54) is 0 Å². The molecule has 5 nitrogen and oxygen atoms in total. The summed E-state index contributed by atoms with van der Waals surface area (Å²) < 4.78 is 12.2. The van der Waals surface area contributed by atoms with Gasteiger partial charge in [-0.2, -0.15) is 0 Å². The number of anilines is 1. The molecule has 8 heteroatoms. The summed E-state index contributed by atoms with van der Waals surface area (Å²) >= 11 is 13.6. The van der Waals surface area contributed by atoms with Crippen LogP contribution in [0, 0.1) is 0 Å². The van der Waals surface area contributed by atoms with Crippen LogP contribution in [-0.2, 0) is 4.79 Å². The number of carbonyl (C=O) groups is 1. The summed E-state index contributed by atoms with van der Waals surface area (Å²) in [5.74, 6) is 0.574. The summed E-state index contributed by atoms with van der Waals surface area (Å²) in [6.45, 7) is 1.64. The lowest BCUT2D eigenvalue weighted by Gasteiger charge is -2.17. The maximum Gasteiger partial charge on any atom is 0.265 e. The summed E-state index contributed by atoms with van der Waals surface area (Å²) in [7, 11) is 1.55. The molecule has 0 bridgehead atoms. The molecule has 0 saturated carbocycles. The Morgan fingerprint density at radius 2 is 1.84 bits per heavy atom. The second-order valence-electron chi connectivity index (χ2n) is 6.73. The molecule has 0 saturated heterocycles. The topological polar surface area (TPSA) is 60.5 Å². The minimum absolute atomic E-state index is 0.336. The van der Waals surface area contributed by atoms with Gasteiger partial charge < -0.3 is 14.8 Å². The second-order valence-corrected chi connectivity index (χ2v) is 8.60. The Morgan fingerprint density at radius 1 is 1.06 bits per heavy atom. The van der Waals surface area contributed by atoms with Gasteiger partial charge in [-0.25, -0.2) is 4.98 Å². The van der Waals surface area contributed by atoms with Crippen molar-refractivity contribution in [1.82, 2.24) is 4.98 Å². The minimum Gasteiger partial charge on any atom is -0.495 e. The first-order chi connectivity index (χ1) is 14.9. The number of carbonyl (C=O) groups excluding carboxylic acids is 1. The van der Waals surface area contributed by atoms with Crippen LogP contribution in [0.1, 0.15) is 6.92 Å². The van der Waals surface area contributed by atoms with E-state index in [4.69, 9.17) is 32.7 Å². The molecule has 1 heterocycles. The Labute approximate surface area is 193 Å². The first-order valence-corrected chi connectivity index (χ1v) is 11.0. The Balaban J connectivity index is 1.56. The summed E-state index contributed by atoms with van der Waals surface area (Å²) in [5, 5.41) is 4.56. The van der Waals surface area contributed by atoms with E-state index >= 15 is 0 Å². The number of nitrogens with zero attached hydrogens (tertiary/aromatic N) is 1. The molecule has 4 rings (SSSR count). The van der Waals surface area contributed by atoms with Crippen LogP contribution in [0.2, 0.25) is 10.0 Å². The van der Waals surface area contributed by atoms with Crippen LogP contribution in [0.25, 0.3) is 20.8 Å². The molecule has 31 heavy (non-hydrogen) atoms. The molecule has 0 radical (unpaired) electrons. The van der Waals surface area contributed by atoms with Crippen molar-refractivity contribution in [2.75, 3.05) is 12.4 Å². The highest BCUT2D eigenvalue weighted by molar-refractivity contribution is 7.21. The monoisotopic (exact) mass is 472 g/mol. The van der Waals surface area contributed by atoms with E-state index in [2.05, 4.69) is 10.3 Å². The van der Waals surface area contributed by atoms with Gasteiger partial charge >= 0.3 is 0 Å². The van der Waals surface area contributed by atoms with E-state index in [-0.39, 0.29) is 5.91 Å². The fourth-order valence-electron chi connectivity index (χ4n) is 2.98. The Kier molecular flexibility index (Phi) is 6.32. The average molecular weight is 473 g/mol. The number of nitrogens with one attached hydrogen (secondary N) is 1. The number of halogens is 2. The summed E-state index contributed by atoms with van der Waals surface area (Å²) in [4.78, 5) is 17.5. The van der Waals surface area contributed by atoms with Crippen molar-refractivity contribution in [1.29, 1.82) is 0 Å². The Bertz CT molecular complexity index is 1230. The third-order valence-corrected chi connectivity index (χ3v) is 6.18. The van der Waals surface area contributed by atoms with E-state index in [1.807, 2.05) is 36.4 Å². The van der Waals surface area contributed by atoms with Gasteiger partial charge in [-0.3, -0.25) is 4.79 Å². The van der Waals surface area contributed by atoms with Crippen LogP contribution < -0.4 is 14.8 Å². The highest BCUT2D eigenvalue weighted by Crippen LogP contribution is 2.35. The lowest BCUT2D eigenvalue weighted by molar-refractivity contribution is -0.122. The highest BCUT2D eigenvalue weighted by atomic mass is 35.5. The fraction of sp³-hybridized carbons (Fsp3) is 0.130. The number of ether oxygens (including phenoxy) is 2. The number of thiazole rings is 1. The number of para-hydroxylation sites is 1. The van der Waals surface area contributed by atoms with Crippen LogP contribution in [0.15, 0.2) is 60.7 Å². The predicted molar refractivity (Wildman–Crippen MR) is 127 cm³/mol. The molecule has 1 aromatic heterocycles. The molecule has 1 amide bonds. The number of methoxy groups -OCH3 is 1. The molecule has 0 aliphatic heterocycles. The summed E-state index contributed by atoms with van der Waals surface area (Å²) in [6.07, 6.45) is -0.797. The van der Waals surface area contributed by atoms with Crippen LogP contribution >= 0.6 is 34.5 Å². The minimum atomic E-state index is -0.797. The SMILES string of the molecule is COc1ccc(-c2nc3ccccc3s2)cc1NC(=O)C(C)Oc1ccc(Cl)cc1Cl. The van der Waals surface area contributed by atoms with Crippen LogP contribution in [-0.4, -0.2) is 24.1 Å². The summed E-state index contributed by atoms with van der Waals surface area (Å²) in [5.41, 5.74) is 2.35. The van der Waals surface area contributed by atoms with Gasteiger partial charge in [-0.1, -0.05) is 35.3 Å². The molecular formula is C23H18Cl2N2O3S. The van der Waals surface area contributed by atoms with E-state index < -0.39 is 6.10 Å². The first kappa shape index (κ1) is 21.4. The molecule has 4 aromatic rings. The fourth-order valence-corrected chi connectivity index (χ4v) is 4.40. The molecule has 3 aromatic carbocycles. The third kappa shape index (κ3) is 4.77. The maximum absolute atomic E-state index is 12.8. The molecule has 1 unspecified atom stereocenters. The number of hydrogen-bond acceptors (Lipinski definition) is 5. The average Bonchev–Trinajstić information content (AvgIpc) is 3.20. The zero-order chi connectivity index (χ0) is 22.0. The number of fused-ring (bicyclic) bond motifs is 1. The predicted octanol–water partition coefficient (Wildman–Crippen LogP) is 6.68. The molecule has 0 aliphatic rings. The van der Waals surface area contributed by atoms with E-state index in [0.717, 1.165) is 20.8 Å². The molecule has 158 valence electrons. The smallest absolute Gasteiger partial charge is 0.265 e. The molecule has 0 fully saturated rings. The van der Waals surface area contributed by atoms with Crippen molar-refractivity contribution in [3.8, 4) is 22.1 Å². The van der Waals surface area contributed by atoms with Gasteiger partial charge in [-0.15, -0.1) is 11.3 Å². The second kappa shape index (κ2) is 9.14. The van der Waals surface area contributed by atoms with Crippen molar-refractivity contribution in [3.05, 3.63) is 70.7 Å². The van der Waals surface area contributed by atoms with Crippen LogP contribution in [0.5, 0.6) is 11.5 Å². The highest BCUT2D eigenvalue weighted by Gasteiger charge is 2.19. The molecule has 1 atom stereocenters. The number of hydrogen-bond donors (Lipinski definition) is 1. The number of benzene rings is 3. The first-order valence-electron chi connectivity index (χ1n) is 9.41. The van der Waals surface area contributed by atoms with Gasteiger partial charge in [-0.05, 0) is 55.5 Å². The van der Waals surface area contributed by atoms with E-state index in [9.17, 15) is 4.79 Å². The molecule has 0 spiro atoms. The van der Waals surface area contributed by atoms with Crippen LogP contribution in [0.4, 0.5) is 5.69 Å². The molecule has 1 N–H and O–H groups in total. The lowest BCUT2D eigenvalue weighted by atomic mass is 10.2. The van der Waals surface area contributed by atoms with Crippen molar-refractivity contribution in [2.45, 2.75) is 13.0 Å². The van der Waals surface area contributed by atoms with Gasteiger partial charge in [0.2, 0.25) is 0 Å². The van der Waals surface area contributed by atoms with Gasteiger partial charge in [0.25, 0.3) is 5.91 Å². The normalized spacial score (nSPS) is 11.9. The molecule has 0 aliphatic carbocycles. The summed E-state index contributed by atoms with van der Waals surface area (Å²) in [6, 6.07) is 18.4. The quantitative estimate of drug-likeness (QED) is 0.339. The maximum atomic E-state index is 12.8. The third-order valence-electron chi connectivity index (χ3n) is 4.57. The van der Waals surface area contributed by atoms with Crippen molar-refractivity contribution < 1.29 is 14.3 Å². The Hall–Kier alpha value is -2.80. The van der Waals surface area contributed by atoms with Crippen molar-refractivity contribution >= 4 is 56.3 Å². The standard InChI is InChI=1S/C23H18Cl2N2O3S/c1-13(30-19-10-8-15(24)12-16(19)25)22(28)26-18-11-14(7-9-20(18)29-2)23-27-17-5-3-4-6-21(17)31-23/h3-13H,1-2H3,(H,26,28). The largest absolute Gasteiger partial charge is 0.495 e. The van der Waals surface area contributed by atoms with Crippen molar-refractivity contribution in [2.24, 2.45) is 0 Å². The van der Waals surface area contributed by atoms with Gasteiger partial charge in [0, 0.05) is 10.6 Å². The van der Waals surface area contributed by atoms with E-state index in [0.29, 0.717) is 27.2 Å².